The molecule has 4 heteroatoms. The van der Waals surface area contributed by atoms with E-state index in [9.17, 15) is 0 Å². The zero-order valence-electron chi connectivity index (χ0n) is 11.0. The fourth-order valence-corrected chi connectivity index (χ4v) is 3.02. The molecule has 3 rings (SSSR count). The molecule has 0 spiro atoms. The first-order valence-corrected chi connectivity index (χ1v) is 7.31. The third-order valence-electron chi connectivity index (χ3n) is 4.08. The van der Waals surface area contributed by atoms with Crippen molar-refractivity contribution in [3.8, 4) is 0 Å². The van der Waals surface area contributed by atoms with Crippen LogP contribution in [0.3, 0.4) is 0 Å². The van der Waals surface area contributed by atoms with Gasteiger partial charge in [-0.1, -0.05) is 12.8 Å². The maximum absolute atomic E-state index is 5.80. The SMILES string of the molecule is c1cn(CC2CCCCO2)c(NC2CCCC2)n1. The van der Waals surface area contributed by atoms with E-state index in [-0.39, 0.29) is 0 Å². The lowest BCUT2D eigenvalue weighted by molar-refractivity contribution is 0.00628. The molecule has 1 N–H and O–H groups in total. The summed E-state index contributed by atoms with van der Waals surface area (Å²) in [7, 11) is 0. The molecule has 0 radical (unpaired) electrons. The molecule has 0 aromatic carbocycles. The van der Waals surface area contributed by atoms with Crippen molar-refractivity contribution in [3.05, 3.63) is 12.4 Å². The van der Waals surface area contributed by atoms with Crippen molar-refractivity contribution in [2.75, 3.05) is 11.9 Å². The summed E-state index contributed by atoms with van der Waals surface area (Å²) in [6.45, 7) is 1.86. The van der Waals surface area contributed by atoms with Crippen LogP contribution in [-0.4, -0.2) is 28.3 Å². The highest BCUT2D eigenvalue weighted by molar-refractivity contribution is 5.28. The molecule has 2 aliphatic rings. The minimum atomic E-state index is 0.372. The normalized spacial score (nSPS) is 25.4. The van der Waals surface area contributed by atoms with E-state index in [2.05, 4.69) is 21.1 Å². The molecule has 1 saturated heterocycles. The average molecular weight is 249 g/mol. The van der Waals surface area contributed by atoms with Gasteiger partial charge in [0, 0.05) is 25.0 Å². The van der Waals surface area contributed by atoms with Gasteiger partial charge in [-0.2, -0.15) is 0 Å². The minimum Gasteiger partial charge on any atom is -0.376 e. The summed E-state index contributed by atoms with van der Waals surface area (Å²) in [5, 5.41) is 3.58. The number of imidazole rings is 1. The third-order valence-corrected chi connectivity index (χ3v) is 4.08. The van der Waals surface area contributed by atoms with Gasteiger partial charge in [0.05, 0.1) is 12.6 Å². The van der Waals surface area contributed by atoms with Crippen LogP contribution in [0.25, 0.3) is 0 Å². The van der Waals surface area contributed by atoms with Gasteiger partial charge in [0.15, 0.2) is 0 Å². The second kappa shape index (κ2) is 5.74. The molecular weight excluding hydrogens is 226 g/mol. The van der Waals surface area contributed by atoms with Crippen LogP contribution in [0.4, 0.5) is 5.95 Å². The molecule has 1 atom stereocenters. The van der Waals surface area contributed by atoms with Gasteiger partial charge >= 0.3 is 0 Å². The highest BCUT2D eigenvalue weighted by Crippen LogP contribution is 2.22. The molecule has 1 aliphatic heterocycles. The van der Waals surface area contributed by atoms with E-state index in [4.69, 9.17) is 4.74 Å². The molecule has 1 aromatic rings. The largest absolute Gasteiger partial charge is 0.376 e. The Labute approximate surface area is 109 Å². The first-order chi connectivity index (χ1) is 8.92. The molecule has 1 unspecified atom stereocenters. The Morgan fingerprint density at radius 1 is 1.22 bits per heavy atom. The lowest BCUT2D eigenvalue weighted by Gasteiger charge is -2.24. The Morgan fingerprint density at radius 3 is 2.83 bits per heavy atom. The predicted molar refractivity (Wildman–Crippen MR) is 71.7 cm³/mol. The van der Waals surface area contributed by atoms with E-state index in [1.807, 2.05) is 6.20 Å². The molecule has 100 valence electrons. The molecule has 1 aromatic heterocycles. The maximum Gasteiger partial charge on any atom is 0.203 e. The Morgan fingerprint density at radius 2 is 2.06 bits per heavy atom. The Balaban J connectivity index is 1.59. The van der Waals surface area contributed by atoms with E-state index in [0.717, 1.165) is 19.1 Å². The molecule has 0 bridgehead atoms. The third kappa shape index (κ3) is 2.86. The molecule has 18 heavy (non-hydrogen) atoms. The summed E-state index contributed by atoms with van der Waals surface area (Å²) >= 11 is 0. The Kier molecular flexibility index (Phi) is 3.84. The molecule has 2 fully saturated rings. The molecule has 1 saturated carbocycles. The van der Waals surface area contributed by atoms with Crippen LogP contribution < -0.4 is 5.32 Å². The zero-order chi connectivity index (χ0) is 12.2. The number of nitrogens with one attached hydrogen (secondary N) is 1. The molecule has 1 aliphatic carbocycles. The summed E-state index contributed by atoms with van der Waals surface area (Å²) in [6.07, 6.45) is 13.3. The Bertz CT molecular complexity index is 365. The van der Waals surface area contributed by atoms with Crippen molar-refractivity contribution in [2.24, 2.45) is 0 Å². The molecule has 4 nitrogen and oxygen atoms in total. The smallest absolute Gasteiger partial charge is 0.203 e. The monoisotopic (exact) mass is 249 g/mol. The van der Waals surface area contributed by atoms with Crippen LogP contribution in [-0.2, 0) is 11.3 Å². The van der Waals surface area contributed by atoms with Gasteiger partial charge in [-0.25, -0.2) is 4.98 Å². The number of rotatable bonds is 4. The number of anilines is 1. The van der Waals surface area contributed by atoms with E-state index in [0.29, 0.717) is 12.1 Å². The Hall–Kier alpha value is -1.03. The maximum atomic E-state index is 5.80. The first kappa shape index (κ1) is 12.0. The summed E-state index contributed by atoms with van der Waals surface area (Å²) in [5.74, 6) is 1.02. The van der Waals surface area contributed by atoms with Gasteiger partial charge in [-0.15, -0.1) is 0 Å². The second-order valence-corrected chi connectivity index (χ2v) is 5.52. The summed E-state index contributed by atoms with van der Waals surface area (Å²) in [4.78, 5) is 4.44. The van der Waals surface area contributed by atoms with Crippen LogP contribution in [0.2, 0.25) is 0 Å². The van der Waals surface area contributed by atoms with Crippen molar-refractivity contribution < 1.29 is 4.74 Å². The van der Waals surface area contributed by atoms with Crippen molar-refractivity contribution >= 4 is 5.95 Å². The highest BCUT2D eigenvalue weighted by atomic mass is 16.5. The minimum absolute atomic E-state index is 0.372. The summed E-state index contributed by atoms with van der Waals surface area (Å²) in [6, 6.07) is 0.624. The van der Waals surface area contributed by atoms with Gasteiger partial charge in [0.1, 0.15) is 0 Å². The van der Waals surface area contributed by atoms with Gasteiger partial charge in [0.2, 0.25) is 5.95 Å². The predicted octanol–water partition coefficient (Wildman–Crippen LogP) is 2.81. The van der Waals surface area contributed by atoms with Crippen LogP contribution in [0.1, 0.15) is 44.9 Å². The second-order valence-electron chi connectivity index (χ2n) is 5.52. The highest BCUT2D eigenvalue weighted by Gasteiger charge is 2.19. The van der Waals surface area contributed by atoms with Crippen molar-refractivity contribution in [2.45, 2.75) is 63.6 Å². The number of hydrogen-bond donors (Lipinski definition) is 1. The summed E-state index contributed by atoms with van der Waals surface area (Å²) in [5.41, 5.74) is 0. The lowest BCUT2D eigenvalue weighted by Crippen LogP contribution is -2.26. The van der Waals surface area contributed by atoms with Crippen LogP contribution in [0.15, 0.2) is 12.4 Å². The van der Waals surface area contributed by atoms with Crippen molar-refractivity contribution in [1.29, 1.82) is 0 Å². The first-order valence-electron chi connectivity index (χ1n) is 7.31. The quantitative estimate of drug-likeness (QED) is 0.892. The van der Waals surface area contributed by atoms with E-state index < -0.39 is 0 Å². The van der Waals surface area contributed by atoms with Crippen LogP contribution in [0, 0.1) is 0 Å². The van der Waals surface area contributed by atoms with E-state index in [1.54, 1.807) is 0 Å². The van der Waals surface area contributed by atoms with Gasteiger partial charge < -0.3 is 14.6 Å². The topological polar surface area (TPSA) is 39.1 Å². The number of hydrogen-bond acceptors (Lipinski definition) is 3. The number of aromatic nitrogens is 2. The fourth-order valence-electron chi connectivity index (χ4n) is 3.02. The van der Waals surface area contributed by atoms with E-state index >= 15 is 0 Å². The van der Waals surface area contributed by atoms with Gasteiger partial charge in [-0.3, -0.25) is 0 Å². The molecule has 0 amide bonds. The standard InChI is InChI=1S/C14H23N3O/c1-2-6-12(5-1)16-14-15-8-9-17(14)11-13-7-3-4-10-18-13/h8-9,12-13H,1-7,10-11H2,(H,15,16). The fraction of sp³-hybridized carbons (Fsp3) is 0.786. The number of ether oxygens (including phenoxy) is 1. The molecule has 2 heterocycles. The van der Waals surface area contributed by atoms with Gasteiger partial charge in [-0.05, 0) is 32.1 Å². The average Bonchev–Trinajstić information content (AvgIpc) is 3.04. The zero-order valence-corrected chi connectivity index (χ0v) is 11.0. The van der Waals surface area contributed by atoms with Gasteiger partial charge in [0.25, 0.3) is 0 Å². The summed E-state index contributed by atoms with van der Waals surface area (Å²) < 4.78 is 8.02. The lowest BCUT2D eigenvalue weighted by atomic mass is 10.1. The van der Waals surface area contributed by atoms with Crippen molar-refractivity contribution in [1.82, 2.24) is 9.55 Å². The van der Waals surface area contributed by atoms with Crippen LogP contribution >= 0.6 is 0 Å². The van der Waals surface area contributed by atoms with E-state index in [1.165, 1.54) is 44.9 Å². The molecular formula is C14H23N3O. The van der Waals surface area contributed by atoms with Crippen LogP contribution in [0.5, 0.6) is 0 Å². The van der Waals surface area contributed by atoms with Crippen molar-refractivity contribution in [3.63, 3.8) is 0 Å². The number of nitrogens with zero attached hydrogens (tertiary/aromatic N) is 2.